The van der Waals surface area contributed by atoms with E-state index in [1.807, 2.05) is 26.0 Å². The Balaban J connectivity index is 1.84. The number of aryl methyl sites for hydroxylation is 2. The molecule has 0 saturated carbocycles. The Kier molecular flexibility index (Phi) is 4.96. The number of ether oxygens (including phenoxy) is 1. The summed E-state index contributed by atoms with van der Waals surface area (Å²) in [6.45, 7) is 6.58. The summed E-state index contributed by atoms with van der Waals surface area (Å²) >= 11 is 1.65. The van der Waals surface area contributed by atoms with Crippen molar-refractivity contribution >= 4 is 33.1 Å². The van der Waals surface area contributed by atoms with Crippen molar-refractivity contribution in [1.82, 2.24) is 9.97 Å². The van der Waals surface area contributed by atoms with Crippen molar-refractivity contribution in [3.05, 3.63) is 65.0 Å². The highest BCUT2D eigenvalue weighted by Crippen LogP contribution is 2.41. The number of aromatic nitrogens is 2. The molecule has 0 aliphatic heterocycles. The molecule has 0 aliphatic rings. The van der Waals surface area contributed by atoms with Gasteiger partial charge in [-0.15, -0.1) is 11.3 Å². The van der Waals surface area contributed by atoms with Gasteiger partial charge < -0.3 is 10.1 Å². The van der Waals surface area contributed by atoms with E-state index in [1.54, 1.807) is 23.5 Å². The zero-order chi connectivity index (χ0) is 19.7. The second-order valence-electron chi connectivity index (χ2n) is 6.42. The average molecular weight is 393 g/mol. The van der Waals surface area contributed by atoms with E-state index in [1.165, 1.54) is 17.0 Å². The highest BCUT2D eigenvalue weighted by molar-refractivity contribution is 7.19. The average Bonchev–Trinajstić information content (AvgIpc) is 3.00. The molecule has 142 valence electrons. The molecule has 0 radical (unpaired) electrons. The quantitative estimate of drug-likeness (QED) is 0.435. The van der Waals surface area contributed by atoms with Gasteiger partial charge in [0.2, 0.25) is 0 Å². The molecule has 0 bridgehead atoms. The van der Waals surface area contributed by atoms with E-state index < -0.39 is 0 Å². The Morgan fingerprint density at radius 2 is 1.71 bits per heavy atom. The summed E-state index contributed by atoms with van der Waals surface area (Å²) in [6.07, 6.45) is 0. The SMILES string of the molecule is CCOc1ccc(-c2c(C)sc3nc(C)nc(Nc4ccc(F)cc4)c23)cc1. The molecule has 0 amide bonds. The van der Waals surface area contributed by atoms with Gasteiger partial charge in [-0.05, 0) is 62.7 Å². The molecule has 2 heterocycles. The van der Waals surface area contributed by atoms with Gasteiger partial charge in [-0.25, -0.2) is 14.4 Å². The lowest BCUT2D eigenvalue weighted by Crippen LogP contribution is -1.98. The topological polar surface area (TPSA) is 47.0 Å². The smallest absolute Gasteiger partial charge is 0.143 e. The molecule has 0 unspecified atom stereocenters. The minimum Gasteiger partial charge on any atom is -0.494 e. The van der Waals surface area contributed by atoms with Gasteiger partial charge in [0, 0.05) is 16.1 Å². The van der Waals surface area contributed by atoms with Crippen LogP contribution in [0.25, 0.3) is 21.3 Å². The van der Waals surface area contributed by atoms with E-state index in [4.69, 9.17) is 4.74 Å². The van der Waals surface area contributed by atoms with Crippen molar-refractivity contribution in [3.63, 3.8) is 0 Å². The minimum absolute atomic E-state index is 0.268. The molecule has 0 spiro atoms. The van der Waals surface area contributed by atoms with Crippen molar-refractivity contribution in [3.8, 4) is 16.9 Å². The first-order valence-corrected chi connectivity index (χ1v) is 9.90. The van der Waals surface area contributed by atoms with E-state index in [-0.39, 0.29) is 5.82 Å². The number of hydrogen-bond acceptors (Lipinski definition) is 5. The molecular weight excluding hydrogens is 373 g/mol. The van der Waals surface area contributed by atoms with Gasteiger partial charge in [-0.1, -0.05) is 12.1 Å². The molecule has 0 aliphatic carbocycles. The molecule has 4 aromatic rings. The number of rotatable bonds is 5. The maximum atomic E-state index is 13.3. The minimum atomic E-state index is -0.268. The molecule has 4 nitrogen and oxygen atoms in total. The Hall–Kier alpha value is -2.99. The number of benzene rings is 2. The molecule has 2 aromatic heterocycles. The van der Waals surface area contributed by atoms with Crippen molar-refractivity contribution < 1.29 is 9.13 Å². The molecule has 0 saturated heterocycles. The maximum absolute atomic E-state index is 13.3. The normalized spacial score (nSPS) is 11.0. The standard InChI is InChI=1S/C22H20FN3OS/c1-4-27-18-11-5-15(6-12-18)19-13(2)28-22-20(19)21(24-14(3)25-22)26-17-9-7-16(23)8-10-17/h5-12H,4H2,1-3H3,(H,24,25,26). The van der Waals surface area contributed by atoms with E-state index in [0.29, 0.717) is 12.4 Å². The molecule has 1 N–H and O–H groups in total. The first-order valence-electron chi connectivity index (χ1n) is 9.08. The van der Waals surface area contributed by atoms with Gasteiger partial charge in [0.05, 0.1) is 12.0 Å². The fourth-order valence-electron chi connectivity index (χ4n) is 3.21. The monoisotopic (exact) mass is 393 g/mol. The lowest BCUT2D eigenvalue weighted by molar-refractivity contribution is 0.340. The Bertz CT molecular complexity index is 1120. The molecule has 0 fully saturated rings. The fraction of sp³-hybridized carbons (Fsp3) is 0.182. The van der Waals surface area contributed by atoms with Crippen molar-refractivity contribution in [1.29, 1.82) is 0 Å². The number of hydrogen-bond donors (Lipinski definition) is 1. The van der Waals surface area contributed by atoms with E-state index in [9.17, 15) is 4.39 Å². The Labute approximate surface area is 167 Å². The van der Waals surface area contributed by atoms with Gasteiger partial charge in [0.25, 0.3) is 0 Å². The van der Waals surface area contributed by atoms with E-state index >= 15 is 0 Å². The largest absolute Gasteiger partial charge is 0.494 e. The Morgan fingerprint density at radius 3 is 2.39 bits per heavy atom. The highest BCUT2D eigenvalue weighted by atomic mass is 32.1. The molecule has 2 aromatic carbocycles. The third kappa shape index (κ3) is 3.55. The van der Waals surface area contributed by atoms with Gasteiger partial charge >= 0.3 is 0 Å². The van der Waals surface area contributed by atoms with Gasteiger partial charge in [-0.2, -0.15) is 0 Å². The number of halogens is 1. The van der Waals surface area contributed by atoms with Crippen LogP contribution in [0, 0.1) is 19.7 Å². The molecule has 28 heavy (non-hydrogen) atoms. The molecule has 0 atom stereocenters. The second kappa shape index (κ2) is 7.56. The molecule has 4 rings (SSSR count). The van der Waals surface area contributed by atoms with Crippen LogP contribution in [0.3, 0.4) is 0 Å². The summed E-state index contributed by atoms with van der Waals surface area (Å²) in [4.78, 5) is 11.4. The second-order valence-corrected chi connectivity index (χ2v) is 7.63. The van der Waals surface area contributed by atoms with E-state index in [0.717, 1.165) is 38.6 Å². The van der Waals surface area contributed by atoms with Gasteiger partial charge in [0.1, 0.15) is 28.0 Å². The summed E-state index contributed by atoms with van der Waals surface area (Å²) in [5.41, 5.74) is 2.97. The fourth-order valence-corrected chi connectivity index (χ4v) is 4.30. The Morgan fingerprint density at radius 1 is 1.00 bits per heavy atom. The van der Waals surface area contributed by atoms with Crippen LogP contribution in [0.4, 0.5) is 15.9 Å². The van der Waals surface area contributed by atoms with Crippen molar-refractivity contribution in [2.75, 3.05) is 11.9 Å². The van der Waals surface area contributed by atoms with Crippen LogP contribution in [0.5, 0.6) is 5.75 Å². The maximum Gasteiger partial charge on any atom is 0.143 e. The molecule has 6 heteroatoms. The number of nitrogens with zero attached hydrogens (tertiary/aromatic N) is 2. The van der Waals surface area contributed by atoms with Crippen LogP contribution < -0.4 is 10.1 Å². The third-order valence-electron chi connectivity index (χ3n) is 4.40. The van der Waals surface area contributed by atoms with Crippen LogP contribution in [0.1, 0.15) is 17.6 Å². The van der Waals surface area contributed by atoms with Crippen LogP contribution in [-0.4, -0.2) is 16.6 Å². The lowest BCUT2D eigenvalue weighted by Gasteiger charge is -2.11. The summed E-state index contributed by atoms with van der Waals surface area (Å²) in [6, 6.07) is 14.3. The summed E-state index contributed by atoms with van der Waals surface area (Å²) in [5.74, 6) is 2.00. The van der Waals surface area contributed by atoms with Gasteiger partial charge in [-0.3, -0.25) is 0 Å². The summed E-state index contributed by atoms with van der Waals surface area (Å²) in [7, 11) is 0. The van der Waals surface area contributed by atoms with Crippen LogP contribution in [-0.2, 0) is 0 Å². The number of fused-ring (bicyclic) bond motifs is 1. The predicted molar refractivity (Wildman–Crippen MR) is 113 cm³/mol. The van der Waals surface area contributed by atoms with E-state index in [2.05, 4.69) is 34.3 Å². The number of anilines is 2. The highest BCUT2D eigenvalue weighted by Gasteiger charge is 2.18. The van der Waals surface area contributed by atoms with Gasteiger partial charge in [0.15, 0.2) is 0 Å². The lowest BCUT2D eigenvalue weighted by atomic mass is 10.0. The third-order valence-corrected chi connectivity index (χ3v) is 5.40. The number of nitrogens with one attached hydrogen (secondary N) is 1. The van der Waals surface area contributed by atoms with Crippen LogP contribution in [0.15, 0.2) is 48.5 Å². The van der Waals surface area contributed by atoms with Crippen molar-refractivity contribution in [2.24, 2.45) is 0 Å². The van der Waals surface area contributed by atoms with Crippen LogP contribution in [0.2, 0.25) is 0 Å². The van der Waals surface area contributed by atoms with Crippen molar-refractivity contribution in [2.45, 2.75) is 20.8 Å². The summed E-state index contributed by atoms with van der Waals surface area (Å²) < 4.78 is 18.8. The predicted octanol–water partition coefficient (Wildman–Crippen LogP) is 6.26. The zero-order valence-corrected chi connectivity index (χ0v) is 16.7. The summed E-state index contributed by atoms with van der Waals surface area (Å²) in [5, 5.41) is 4.31. The first-order chi connectivity index (χ1) is 13.5. The van der Waals surface area contributed by atoms with Crippen LogP contribution >= 0.6 is 11.3 Å². The zero-order valence-electron chi connectivity index (χ0n) is 15.9. The molecular formula is C22H20FN3OS. The first kappa shape index (κ1) is 18.4. The number of thiophene rings is 1.